The maximum atomic E-state index is 12.3. The minimum Gasteiger partial charge on any atom is -0.352 e. The van der Waals surface area contributed by atoms with Crippen LogP contribution in [0.5, 0.6) is 0 Å². The number of carbonyl (C=O) groups is 1. The lowest BCUT2D eigenvalue weighted by molar-refractivity contribution is -0.122. The molecule has 0 fully saturated rings. The van der Waals surface area contributed by atoms with Crippen LogP contribution in [0.4, 0.5) is 0 Å². The van der Waals surface area contributed by atoms with Gasteiger partial charge in [-0.2, -0.15) is 5.10 Å². The van der Waals surface area contributed by atoms with Crippen molar-refractivity contribution in [3.05, 3.63) is 35.2 Å². The van der Waals surface area contributed by atoms with Gasteiger partial charge in [0.1, 0.15) is 5.82 Å². The second-order valence-electron chi connectivity index (χ2n) is 8.15. The minimum absolute atomic E-state index is 0.0584. The van der Waals surface area contributed by atoms with Crippen molar-refractivity contribution in [2.75, 3.05) is 0 Å². The van der Waals surface area contributed by atoms with Crippen LogP contribution in [0.2, 0.25) is 0 Å². The van der Waals surface area contributed by atoms with E-state index in [4.69, 9.17) is 4.98 Å². The number of imidazole rings is 1. The van der Waals surface area contributed by atoms with Gasteiger partial charge < -0.3 is 9.88 Å². The van der Waals surface area contributed by atoms with Gasteiger partial charge in [-0.05, 0) is 26.3 Å². The molecule has 1 aliphatic heterocycles. The molecule has 0 saturated heterocycles. The molecule has 136 valence electrons. The summed E-state index contributed by atoms with van der Waals surface area (Å²) in [5.74, 6) is 1.23. The highest BCUT2D eigenvalue weighted by Gasteiger charge is 2.25. The number of aromatic nitrogens is 4. The highest BCUT2D eigenvalue weighted by molar-refractivity contribution is 5.76. The van der Waals surface area contributed by atoms with Crippen LogP contribution in [-0.4, -0.2) is 31.3 Å². The largest absolute Gasteiger partial charge is 0.352 e. The smallest absolute Gasteiger partial charge is 0.222 e. The molecule has 6 nitrogen and oxygen atoms in total. The Labute approximate surface area is 149 Å². The third kappa shape index (κ3) is 4.11. The molecule has 0 bridgehead atoms. The molecule has 1 aliphatic rings. The van der Waals surface area contributed by atoms with Crippen LogP contribution in [0.1, 0.15) is 56.5 Å². The van der Waals surface area contributed by atoms with Crippen LogP contribution in [0, 0.1) is 13.8 Å². The molecule has 0 saturated carbocycles. The van der Waals surface area contributed by atoms with E-state index in [9.17, 15) is 4.79 Å². The minimum atomic E-state index is 0.0584. The van der Waals surface area contributed by atoms with E-state index >= 15 is 0 Å². The summed E-state index contributed by atoms with van der Waals surface area (Å²) in [6.07, 6.45) is 4.47. The average molecular weight is 343 g/mol. The van der Waals surface area contributed by atoms with Crippen LogP contribution in [0.25, 0.3) is 0 Å². The summed E-state index contributed by atoms with van der Waals surface area (Å²) in [4.78, 5) is 17.1. The van der Waals surface area contributed by atoms with Crippen LogP contribution in [0.3, 0.4) is 0 Å². The molecule has 25 heavy (non-hydrogen) atoms. The van der Waals surface area contributed by atoms with E-state index in [1.807, 2.05) is 24.6 Å². The lowest BCUT2D eigenvalue weighted by Crippen LogP contribution is -2.41. The maximum absolute atomic E-state index is 12.3. The second kappa shape index (κ2) is 6.65. The zero-order valence-corrected chi connectivity index (χ0v) is 16.0. The molecule has 2 aromatic heterocycles. The number of hydrogen-bond acceptors (Lipinski definition) is 3. The number of aryl methyl sites for hydroxylation is 4. The molecule has 0 aliphatic carbocycles. The number of nitrogens with one attached hydrogen (secondary N) is 1. The molecule has 1 amide bonds. The molecule has 0 unspecified atom stereocenters. The fourth-order valence-corrected chi connectivity index (χ4v) is 3.33. The lowest BCUT2D eigenvalue weighted by atomic mass is 9.93. The lowest BCUT2D eigenvalue weighted by Gasteiger charge is -2.24. The summed E-state index contributed by atoms with van der Waals surface area (Å²) in [6, 6.07) is 2.22. The summed E-state index contributed by atoms with van der Waals surface area (Å²) in [5.41, 5.74) is 3.27. The Kier molecular flexibility index (Phi) is 4.71. The number of nitrogens with zero attached hydrogens (tertiary/aromatic N) is 4. The Morgan fingerprint density at radius 2 is 2.12 bits per heavy atom. The van der Waals surface area contributed by atoms with Crippen molar-refractivity contribution in [2.45, 2.75) is 78.4 Å². The Morgan fingerprint density at radius 3 is 2.76 bits per heavy atom. The van der Waals surface area contributed by atoms with Gasteiger partial charge in [-0.15, -0.1) is 0 Å². The number of carbonyl (C=O) groups excluding carboxylic acids is 1. The molecule has 1 N–H and O–H groups in total. The average Bonchev–Trinajstić information content (AvgIpc) is 3.07. The Bertz CT molecular complexity index is 765. The molecule has 0 aromatic carbocycles. The van der Waals surface area contributed by atoms with Gasteiger partial charge in [-0.25, -0.2) is 4.98 Å². The van der Waals surface area contributed by atoms with E-state index in [0.717, 1.165) is 42.3 Å². The van der Waals surface area contributed by atoms with Gasteiger partial charge in [0.25, 0.3) is 0 Å². The van der Waals surface area contributed by atoms with E-state index in [0.29, 0.717) is 13.0 Å². The standard InChI is InChI=1S/C19H29N5O/c1-13-10-14(2)24(22-13)9-8-18(25)20-15-6-7-17-21-16(19(3,4)5)12-23(17)11-15/h10,12,15H,6-9,11H2,1-5H3,(H,20,25)/t15-/m1/s1. The second-order valence-corrected chi connectivity index (χ2v) is 8.15. The van der Waals surface area contributed by atoms with Gasteiger partial charge >= 0.3 is 0 Å². The Balaban J connectivity index is 1.55. The summed E-state index contributed by atoms with van der Waals surface area (Å²) in [6.45, 7) is 12.0. The fraction of sp³-hybridized carbons (Fsp3) is 0.632. The first-order valence-corrected chi connectivity index (χ1v) is 9.09. The van der Waals surface area contributed by atoms with Crippen molar-refractivity contribution >= 4 is 5.91 Å². The van der Waals surface area contributed by atoms with Crippen molar-refractivity contribution in [3.63, 3.8) is 0 Å². The SMILES string of the molecule is Cc1cc(C)n(CCC(=O)N[C@@H]2CCc3nc(C(C)(C)C)cn3C2)n1. The zero-order valence-electron chi connectivity index (χ0n) is 16.0. The quantitative estimate of drug-likeness (QED) is 0.928. The Morgan fingerprint density at radius 1 is 1.36 bits per heavy atom. The third-order valence-electron chi connectivity index (χ3n) is 4.78. The van der Waals surface area contributed by atoms with Gasteiger partial charge in [-0.3, -0.25) is 9.48 Å². The molecule has 2 aromatic rings. The summed E-state index contributed by atoms with van der Waals surface area (Å²) in [7, 11) is 0. The van der Waals surface area contributed by atoms with Crippen LogP contribution >= 0.6 is 0 Å². The predicted molar refractivity (Wildman–Crippen MR) is 97.5 cm³/mol. The van der Waals surface area contributed by atoms with Crippen LogP contribution in [-0.2, 0) is 29.7 Å². The number of amides is 1. The first-order chi connectivity index (χ1) is 11.7. The van der Waals surface area contributed by atoms with Crippen molar-refractivity contribution in [1.82, 2.24) is 24.6 Å². The summed E-state index contributed by atoms with van der Waals surface area (Å²) < 4.78 is 4.11. The van der Waals surface area contributed by atoms with Gasteiger partial charge in [0.05, 0.1) is 11.4 Å². The molecule has 0 radical (unpaired) electrons. The molecule has 6 heteroatoms. The first-order valence-electron chi connectivity index (χ1n) is 9.09. The summed E-state index contributed by atoms with van der Waals surface area (Å²) in [5, 5.41) is 7.58. The van der Waals surface area contributed by atoms with Crippen molar-refractivity contribution in [3.8, 4) is 0 Å². The van der Waals surface area contributed by atoms with E-state index in [2.05, 4.69) is 42.0 Å². The number of rotatable bonds is 4. The van der Waals surface area contributed by atoms with Gasteiger partial charge in [-0.1, -0.05) is 20.8 Å². The monoisotopic (exact) mass is 343 g/mol. The van der Waals surface area contributed by atoms with Gasteiger partial charge in [0, 0.05) is 49.3 Å². The first kappa shape index (κ1) is 17.7. The molecule has 3 heterocycles. The highest BCUT2D eigenvalue weighted by atomic mass is 16.1. The van der Waals surface area contributed by atoms with E-state index < -0.39 is 0 Å². The van der Waals surface area contributed by atoms with Gasteiger partial charge in [0.15, 0.2) is 0 Å². The molecule has 3 rings (SSSR count). The fourth-order valence-electron chi connectivity index (χ4n) is 3.33. The van der Waals surface area contributed by atoms with Crippen LogP contribution in [0.15, 0.2) is 12.3 Å². The maximum Gasteiger partial charge on any atom is 0.222 e. The molecular formula is C19H29N5O. The Hall–Kier alpha value is -2.11. The number of fused-ring (bicyclic) bond motifs is 1. The van der Waals surface area contributed by atoms with Crippen LogP contribution < -0.4 is 5.32 Å². The van der Waals surface area contributed by atoms with Gasteiger partial charge in [0.2, 0.25) is 5.91 Å². The highest BCUT2D eigenvalue weighted by Crippen LogP contribution is 2.24. The molecule has 1 atom stereocenters. The molecular weight excluding hydrogens is 314 g/mol. The van der Waals surface area contributed by atoms with Crippen molar-refractivity contribution < 1.29 is 4.79 Å². The number of hydrogen-bond donors (Lipinski definition) is 1. The van der Waals surface area contributed by atoms with E-state index in [-0.39, 0.29) is 17.4 Å². The third-order valence-corrected chi connectivity index (χ3v) is 4.78. The van der Waals surface area contributed by atoms with E-state index in [1.54, 1.807) is 0 Å². The summed E-state index contributed by atoms with van der Waals surface area (Å²) >= 11 is 0. The predicted octanol–water partition coefficient (Wildman–Crippen LogP) is 2.52. The topological polar surface area (TPSA) is 64.7 Å². The van der Waals surface area contributed by atoms with Crippen molar-refractivity contribution in [1.29, 1.82) is 0 Å². The van der Waals surface area contributed by atoms with E-state index in [1.165, 1.54) is 0 Å². The zero-order chi connectivity index (χ0) is 18.2. The normalized spacial score (nSPS) is 17.4. The van der Waals surface area contributed by atoms with Crippen molar-refractivity contribution in [2.24, 2.45) is 0 Å². The molecule has 0 spiro atoms.